The molecule has 1 heterocycles. The molecule has 27 heavy (non-hydrogen) atoms. The van der Waals surface area contributed by atoms with E-state index in [2.05, 4.69) is 91.6 Å². The third-order valence-corrected chi connectivity index (χ3v) is 7.20. The van der Waals surface area contributed by atoms with E-state index >= 15 is 0 Å². The second kappa shape index (κ2) is 7.32. The van der Waals surface area contributed by atoms with E-state index < -0.39 is 0 Å². The van der Waals surface area contributed by atoms with E-state index in [-0.39, 0.29) is 10.8 Å². The second-order valence-corrected chi connectivity index (χ2v) is 10.2. The molecule has 2 aromatic carbocycles. The average molecular weight is 493 g/mol. The van der Waals surface area contributed by atoms with Crippen molar-refractivity contribution in [1.82, 2.24) is 15.0 Å². The number of hydrogen-bond acceptors (Lipinski definition) is 2. The van der Waals surface area contributed by atoms with Crippen LogP contribution in [0.5, 0.6) is 0 Å². The molecule has 0 atom stereocenters. The highest BCUT2D eigenvalue weighted by Gasteiger charge is 2.25. The zero-order chi connectivity index (χ0) is 20.0. The number of fused-ring (bicyclic) bond motifs is 1. The Morgan fingerprint density at radius 1 is 0.778 bits per heavy atom. The lowest BCUT2D eigenvalue weighted by molar-refractivity contribution is 0.487. The second-order valence-electron chi connectivity index (χ2n) is 8.46. The minimum Gasteiger partial charge on any atom is -0.150 e. The highest BCUT2D eigenvalue weighted by molar-refractivity contribution is 9.11. The minimum atomic E-state index is 0.0995. The summed E-state index contributed by atoms with van der Waals surface area (Å²) in [6.07, 6.45) is 2.15. The summed E-state index contributed by atoms with van der Waals surface area (Å²) in [5.74, 6) is 0. The summed E-state index contributed by atoms with van der Waals surface area (Å²) >= 11 is 7.19. The fourth-order valence-electron chi connectivity index (χ4n) is 2.96. The van der Waals surface area contributed by atoms with E-state index in [4.69, 9.17) is 10.2 Å². The third kappa shape index (κ3) is 3.86. The van der Waals surface area contributed by atoms with Crippen LogP contribution < -0.4 is 0 Å². The molecule has 144 valence electrons. The van der Waals surface area contributed by atoms with Crippen LogP contribution in [0.2, 0.25) is 0 Å². The van der Waals surface area contributed by atoms with Crippen molar-refractivity contribution in [2.24, 2.45) is 0 Å². The Kier molecular flexibility index (Phi) is 5.57. The van der Waals surface area contributed by atoms with Gasteiger partial charge >= 0.3 is 0 Å². The van der Waals surface area contributed by atoms with Gasteiger partial charge in [0.05, 0.1) is 5.69 Å². The number of hydrogen-bond donors (Lipinski definition) is 0. The number of nitrogens with zero attached hydrogens (tertiary/aromatic N) is 3. The molecule has 0 unspecified atom stereocenters. The van der Waals surface area contributed by atoms with Gasteiger partial charge in [-0.05, 0) is 90.9 Å². The molecule has 3 aromatic rings. The lowest BCUT2D eigenvalue weighted by atomic mass is 9.76. The highest BCUT2D eigenvalue weighted by Crippen LogP contribution is 2.35. The van der Waals surface area contributed by atoms with Crippen molar-refractivity contribution in [2.45, 2.75) is 65.2 Å². The van der Waals surface area contributed by atoms with Crippen molar-refractivity contribution in [2.75, 3.05) is 0 Å². The van der Waals surface area contributed by atoms with Crippen LogP contribution in [0.4, 0.5) is 0 Å². The first-order valence-electron chi connectivity index (χ1n) is 9.46. The maximum atomic E-state index is 4.77. The lowest BCUT2D eigenvalue weighted by Gasteiger charge is -2.29. The van der Waals surface area contributed by atoms with Crippen molar-refractivity contribution in [1.29, 1.82) is 0 Å². The van der Waals surface area contributed by atoms with Crippen LogP contribution in [0, 0.1) is 0 Å². The molecule has 5 heteroatoms. The summed E-state index contributed by atoms with van der Waals surface area (Å²) in [6.45, 7) is 13.7. The molecule has 0 aliphatic rings. The van der Waals surface area contributed by atoms with Crippen molar-refractivity contribution >= 4 is 42.9 Å². The molecule has 0 aliphatic carbocycles. The number of rotatable bonds is 5. The van der Waals surface area contributed by atoms with Gasteiger partial charge in [-0.2, -0.15) is 4.80 Å². The average Bonchev–Trinajstić information content (AvgIpc) is 3.11. The van der Waals surface area contributed by atoms with Gasteiger partial charge < -0.3 is 0 Å². The summed E-state index contributed by atoms with van der Waals surface area (Å²) in [5, 5.41) is 9.54. The number of aromatic nitrogens is 3. The van der Waals surface area contributed by atoms with Crippen LogP contribution in [0.15, 0.2) is 39.3 Å². The molecule has 3 nitrogen and oxygen atoms in total. The summed E-state index contributed by atoms with van der Waals surface area (Å²) in [6, 6.07) is 10.8. The quantitative estimate of drug-likeness (QED) is 0.373. The predicted octanol–water partition coefficient (Wildman–Crippen LogP) is 7.32. The monoisotopic (exact) mass is 491 g/mol. The molecule has 3 rings (SSSR count). The number of benzene rings is 2. The highest BCUT2D eigenvalue weighted by atomic mass is 79.9. The first-order chi connectivity index (χ1) is 12.6. The first kappa shape index (κ1) is 20.5. The largest absolute Gasteiger partial charge is 0.150 e. The Bertz CT molecular complexity index is 913. The lowest BCUT2D eigenvalue weighted by Crippen LogP contribution is -2.21. The summed E-state index contributed by atoms with van der Waals surface area (Å²) in [7, 11) is 0. The first-order valence-corrected chi connectivity index (χ1v) is 11.0. The molecule has 1 aromatic heterocycles. The van der Waals surface area contributed by atoms with Gasteiger partial charge in [-0.25, -0.2) is 0 Å². The van der Waals surface area contributed by atoms with E-state index in [1.165, 1.54) is 11.1 Å². The van der Waals surface area contributed by atoms with Gasteiger partial charge in [0.15, 0.2) is 0 Å². The Balaban J connectivity index is 2.26. The molecule has 0 saturated carbocycles. The molecule has 0 amide bonds. The van der Waals surface area contributed by atoms with Crippen molar-refractivity contribution in [3.8, 4) is 5.69 Å². The Hall–Kier alpha value is -1.20. The zero-order valence-electron chi connectivity index (χ0n) is 16.9. The minimum absolute atomic E-state index is 0.0995. The van der Waals surface area contributed by atoms with E-state index in [1.54, 1.807) is 4.80 Å². The van der Waals surface area contributed by atoms with Crippen molar-refractivity contribution in [3.05, 3.63) is 50.4 Å². The standard InChI is InChI=1S/C22H27Br2N3/c1-7-21(3,4)14-11-15(22(5,6)8-2)13-16(12-14)27-25-19-17(23)9-10-18(24)20(19)26-27/h9-13H,7-8H2,1-6H3. The number of halogens is 2. The van der Waals surface area contributed by atoms with Gasteiger partial charge in [0.1, 0.15) is 11.0 Å². The molecule has 0 radical (unpaired) electrons. The third-order valence-electron chi connectivity index (χ3n) is 5.92. The maximum Gasteiger partial charge on any atom is 0.129 e. The summed E-state index contributed by atoms with van der Waals surface area (Å²) < 4.78 is 1.90. The molecule has 0 fully saturated rings. The summed E-state index contributed by atoms with van der Waals surface area (Å²) in [5.41, 5.74) is 5.60. The van der Waals surface area contributed by atoms with Crippen LogP contribution in [0.3, 0.4) is 0 Å². The van der Waals surface area contributed by atoms with Crippen molar-refractivity contribution in [3.63, 3.8) is 0 Å². The van der Waals surface area contributed by atoms with Gasteiger partial charge in [-0.1, -0.05) is 47.6 Å². The van der Waals surface area contributed by atoms with E-state index in [0.717, 1.165) is 38.5 Å². The van der Waals surface area contributed by atoms with Crippen LogP contribution in [-0.4, -0.2) is 15.0 Å². The fourth-order valence-corrected chi connectivity index (χ4v) is 3.76. The van der Waals surface area contributed by atoms with Crippen molar-refractivity contribution < 1.29 is 0 Å². The van der Waals surface area contributed by atoms with Crippen LogP contribution >= 0.6 is 31.9 Å². The maximum absolute atomic E-state index is 4.77. The van der Waals surface area contributed by atoms with Crippen LogP contribution in [0.1, 0.15) is 65.5 Å². The predicted molar refractivity (Wildman–Crippen MR) is 121 cm³/mol. The Labute approximate surface area is 178 Å². The Morgan fingerprint density at radius 3 is 1.56 bits per heavy atom. The van der Waals surface area contributed by atoms with Gasteiger partial charge in [0, 0.05) is 8.95 Å². The molecule has 0 N–H and O–H groups in total. The van der Waals surface area contributed by atoms with Gasteiger partial charge in [-0.15, -0.1) is 10.2 Å². The Morgan fingerprint density at radius 2 is 1.19 bits per heavy atom. The van der Waals surface area contributed by atoms with Gasteiger partial charge in [0.25, 0.3) is 0 Å². The molecule has 0 saturated heterocycles. The molecule has 0 aliphatic heterocycles. The van der Waals surface area contributed by atoms with Crippen LogP contribution in [0.25, 0.3) is 16.7 Å². The zero-order valence-corrected chi connectivity index (χ0v) is 20.1. The van der Waals surface area contributed by atoms with E-state index in [9.17, 15) is 0 Å². The normalized spacial score (nSPS) is 12.7. The molecular formula is C22H27Br2N3. The van der Waals surface area contributed by atoms with E-state index in [0.29, 0.717) is 0 Å². The van der Waals surface area contributed by atoms with Crippen LogP contribution in [-0.2, 0) is 10.8 Å². The van der Waals surface area contributed by atoms with Gasteiger partial charge in [-0.3, -0.25) is 0 Å². The molecule has 0 bridgehead atoms. The smallest absolute Gasteiger partial charge is 0.129 e. The SMILES string of the molecule is CCC(C)(C)c1cc(-n2nc3c(Br)ccc(Br)c3n2)cc(C(C)(C)CC)c1. The molecule has 0 spiro atoms. The summed E-state index contributed by atoms with van der Waals surface area (Å²) in [4.78, 5) is 1.77. The topological polar surface area (TPSA) is 30.7 Å². The van der Waals surface area contributed by atoms with E-state index in [1.807, 2.05) is 12.1 Å². The van der Waals surface area contributed by atoms with Gasteiger partial charge in [0.2, 0.25) is 0 Å². The fraction of sp³-hybridized carbons (Fsp3) is 0.455. The molecular weight excluding hydrogens is 466 g/mol.